The maximum atomic E-state index is 5.00. The van der Waals surface area contributed by atoms with Gasteiger partial charge in [0.2, 0.25) is 0 Å². The minimum atomic E-state index is 0.880. The predicted molar refractivity (Wildman–Crippen MR) is 119 cm³/mol. The van der Waals surface area contributed by atoms with E-state index in [1.165, 1.54) is 21.9 Å². The van der Waals surface area contributed by atoms with Crippen molar-refractivity contribution >= 4 is 27.3 Å². The van der Waals surface area contributed by atoms with Crippen molar-refractivity contribution in [3.8, 4) is 22.4 Å². The fourth-order valence-corrected chi connectivity index (χ4v) is 4.10. The van der Waals surface area contributed by atoms with Crippen LogP contribution in [0.5, 0.6) is 0 Å². The highest BCUT2D eigenvalue weighted by Crippen LogP contribution is 2.35. The number of aromatic nitrogens is 3. The first kappa shape index (κ1) is 16.0. The molecule has 0 amide bonds. The van der Waals surface area contributed by atoms with Crippen LogP contribution >= 0.6 is 0 Å². The van der Waals surface area contributed by atoms with Gasteiger partial charge in [0.1, 0.15) is 0 Å². The van der Waals surface area contributed by atoms with Gasteiger partial charge in [-0.1, -0.05) is 78.9 Å². The molecule has 136 valence electrons. The predicted octanol–water partition coefficient (Wildman–Crippen LogP) is 6.37. The van der Waals surface area contributed by atoms with Crippen molar-refractivity contribution in [2.24, 2.45) is 0 Å². The molecule has 0 aliphatic rings. The van der Waals surface area contributed by atoms with Crippen molar-refractivity contribution in [3.05, 3.63) is 103 Å². The summed E-state index contributed by atoms with van der Waals surface area (Å²) in [6.07, 6.45) is 2.00. The van der Waals surface area contributed by atoms with Gasteiger partial charge in [-0.05, 0) is 40.1 Å². The quantitative estimate of drug-likeness (QED) is 0.354. The molecule has 0 aliphatic heterocycles. The topological polar surface area (TPSA) is 30.2 Å². The van der Waals surface area contributed by atoms with Crippen molar-refractivity contribution in [1.82, 2.24) is 14.6 Å². The molecule has 0 radical (unpaired) electrons. The first-order valence-electron chi connectivity index (χ1n) is 9.70. The molecule has 0 unspecified atom stereocenters. The molecule has 0 bridgehead atoms. The van der Waals surface area contributed by atoms with Crippen LogP contribution in [0.2, 0.25) is 0 Å². The summed E-state index contributed by atoms with van der Waals surface area (Å²) >= 11 is 0. The molecule has 6 rings (SSSR count). The van der Waals surface area contributed by atoms with Crippen LogP contribution in [-0.4, -0.2) is 14.6 Å². The van der Waals surface area contributed by atoms with Gasteiger partial charge in [0.15, 0.2) is 5.65 Å². The second-order valence-electron chi connectivity index (χ2n) is 7.17. The molecule has 0 fully saturated rings. The van der Waals surface area contributed by atoms with E-state index in [0.717, 1.165) is 27.8 Å². The molecule has 0 N–H and O–H groups in total. The number of rotatable bonds is 2. The van der Waals surface area contributed by atoms with E-state index in [2.05, 4.69) is 77.9 Å². The summed E-state index contributed by atoms with van der Waals surface area (Å²) in [7, 11) is 0. The third kappa shape index (κ3) is 2.52. The Morgan fingerprint density at radius 2 is 1.24 bits per heavy atom. The van der Waals surface area contributed by atoms with E-state index in [0.29, 0.717) is 0 Å². The molecule has 3 nitrogen and oxygen atoms in total. The van der Waals surface area contributed by atoms with E-state index in [1.807, 2.05) is 35.0 Å². The number of fused-ring (bicyclic) bond motifs is 4. The van der Waals surface area contributed by atoms with Gasteiger partial charge in [0.05, 0.1) is 11.2 Å². The minimum Gasteiger partial charge on any atom is -0.228 e. The Labute approximate surface area is 167 Å². The Morgan fingerprint density at radius 3 is 2.17 bits per heavy atom. The molecule has 29 heavy (non-hydrogen) atoms. The smallest absolute Gasteiger partial charge is 0.163 e. The van der Waals surface area contributed by atoms with Gasteiger partial charge in [-0.3, -0.25) is 0 Å². The standard InChI is InChI=1S/C26H17N3/c1-2-10-19-18(8-1)9-7-14-20(19)21-11-3-4-12-22(21)24-16-17-29-26(27-24)23-13-5-6-15-25(23)28-29/h1-17H. The zero-order valence-electron chi connectivity index (χ0n) is 15.7. The van der Waals surface area contributed by atoms with Gasteiger partial charge in [-0.15, -0.1) is 0 Å². The zero-order valence-corrected chi connectivity index (χ0v) is 15.7. The van der Waals surface area contributed by atoms with Gasteiger partial charge in [-0.25, -0.2) is 9.50 Å². The fourth-order valence-electron chi connectivity index (χ4n) is 4.10. The summed E-state index contributed by atoms with van der Waals surface area (Å²) in [5.41, 5.74) is 6.32. The molecular formula is C26H17N3. The lowest BCUT2D eigenvalue weighted by Gasteiger charge is -2.12. The molecular weight excluding hydrogens is 354 g/mol. The third-order valence-corrected chi connectivity index (χ3v) is 5.46. The highest BCUT2D eigenvalue weighted by Gasteiger charge is 2.13. The van der Waals surface area contributed by atoms with Crippen LogP contribution in [0, 0.1) is 0 Å². The monoisotopic (exact) mass is 371 g/mol. The van der Waals surface area contributed by atoms with E-state index in [9.17, 15) is 0 Å². The number of nitrogens with zero attached hydrogens (tertiary/aromatic N) is 3. The Bertz CT molecular complexity index is 1510. The van der Waals surface area contributed by atoms with E-state index in [1.54, 1.807) is 0 Å². The van der Waals surface area contributed by atoms with Crippen LogP contribution in [0.3, 0.4) is 0 Å². The normalized spacial score (nSPS) is 11.4. The summed E-state index contributed by atoms with van der Waals surface area (Å²) in [6, 6.07) is 33.6. The molecule has 0 saturated heterocycles. The largest absolute Gasteiger partial charge is 0.228 e. The summed E-state index contributed by atoms with van der Waals surface area (Å²) in [5, 5.41) is 8.18. The minimum absolute atomic E-state index is 0.880. The van der Waals surface area contributed by atoms with E-state index >= 15 is 0 Å². The number of benzene rings is 4. The van der Waals surface area contributed by atoms with Crippen LogP contribution in [0.25, 0.3) is 49.7 Å². The Kier molecular flexibility index (Phi) is 3.47. The first-order chi connectivity index (χ1) is 14.4. The zero-order chi connectivity index (χ0) is 19.2. The lowest BCUT2D eigenvalue weighted by atomic mass is 9.93. The Balaban J connectivity index is 1.62. The number of hydrogen-bond acceptors (Lipinski definition) is 2. The second-order valence-corrected chi connectivity index (χ2v) is 7.17. The lowest BCUT2D eigenvalue weighted by molar-refractivity contribution is 0.958. The second kappa shape index (κ2) is 6.28. The van der Waals surface area contributed by atoms with Crippen molar-refractivity contribution in [2.75, 3.05) is 0 Å². The SMILES string of the molecule is c1ccc(-c2cccc3ccccc23)c(-c2ccn3nc4ccccc4c3n2)c1. The average molecular weight is 371 g/mol. The molecule has 4 aromatic carbocycles. The maximum absolute atomic E-state index is 5.00. The van der Waals surface area contributed by atoms with Gasteiger partial charge >= 0.3 is 0 Å². The summed E-state index contributed by atoms with van der Waals surface area (Å²) in [6.45, 7) is 0. The highest BCUT2D eigenvalue weighted by atomic mass is 15.2. The summed E-state index contributed by atoms with van der Waals surface area (Å²) < 4.78 is 1.86. The Hall–Kier alpha value is -3.98. The molecule has 0 spiro atoms. The molecule has 6 aromatic rings. The summed E-state index contributed by atoms with van der Waals surface area (Å²) in [5.74, 6) is 0. The van der Waals surface area contributed by atoms with Crippen LogP contribution in [0.4, 0.5) is 0 Å². The van der Waals surface area contributed by atoms with Crippen molar-refractivity contribution in [3.63, 3.8) is 0 Å². The van der Waals surface area contributed by atoms with Crippen LogP contribution in [0.15, 0.2) is 103 Å². The summed E-state index contributed by atoms with van der Waals surface area (Å²) in [4.78, 5) is 5.00. The van der Waals surface area contributed by atoms with Crippen LogP contribution in [0.1, 0.15) is 0 Å². The fraction of sp³-hybridized carbons (Fsp3) is 0. The lowest BCUT2D eigenvalue weighted by Crippen LogP contribution is -1.93. The van der Waals surface area contributed by atoms with Gasteiger partial charge in [-0.2, -0.15) is 5.10 Å². The molecule has 0 atom stereocenters. The maximum Gasteiger partial charge on any atom is 0.163 e. The first-order valence-corrected chi connectivity index (χ1v) is 9.70. The van der Waals surface area contributed by atoms with Crippen LogP contribution < -0.4 is 0 Å². The van der Waals surface area contributed by atoms with Crippen molar-refractivity contribution in [2.45, 2.75) is 0 Å². The van der Waals surface area contributed by atoms with Gasteiger partial charge in [0, 0.05) is 17.1 Å². The molecule has 2 aromatic heterocycles. The van der Waals surface area contributed by atoms with Gasteiger partial charge < -0.3 is 0 Å². The average Bonchev–Trinajstić information content (AvgIpc) is 3.17. The highest BCUT2D eigenvalue weighted by molar-refractivity contribution is 6.00. The van der Waals surface area contributed by atoms with E-state index in [4.69, 9.17) is 4.98 Å². The van der Waals surface area contributed by atoms with Crippen molar-refractivity contribution in [1.29, 1.82) is 0 Å². The Morgan fingerprint density at radius 1 is 0.552 bits per heavy atom. The molecule has 2 heterocycles. The number of hydrogen-bond donors (Lipinski definition) is 0. The van der Waals surface area contributed by atoms with Crippen LogP contribution in [-0.2, 0) is 0 Å². The molecule has 3 heteroatoms. The van der Waals surface area contributed by atoms with Crippen molar-refractivity contribution < 1.29 is 0 Å². The van der Waals surface area contributed by atoms with E-state index < -0.39 is 0 Å². The van der Waals surface area contributed by atoms with Gasteiger partial charge in [0.25, 0.3) is 0 Å². The third-order valence-electron chi connectivity index (χ3n) is 5.46. The molecule has 0 aliphatic carbocycles. The van der Waals surface area contributed by atoms with E-state index in [-0.39, 0.29) is 0 Å². The molecule has 0 saturated carbocycles.